The molecule has 1 atom stereocenters. The molecule has 4 nitrogen and oxygen atoms in total. The second-order valence-corrected chi connectivity index (χ2v) is 3.56. The molecule has 1 aromatic rings. The number of hydrogen-bond acceptors (Lipinski definition) is 4. The van der Waals surface area contributed by atoms with E-state index in [1.54, 1.807) is 31.3 Å². The molecule has 0 bridgehead atoms. The Balaban J connectivity index is 3.38. The summed E-state index contributed by atoms with van der Waals surface area (Å²) in [6.07, 6.45) is 4.38. The molecule has 0 aliphatic carbocycles. The number of nitrogens with one attached hydrogen (secondary N) is 1. The minimum absolute atomic E-state index is 0.128. The van der Waals surface area contributed by atoms with Crippen molar-refractivity contribution in [3.8, 4) is 5.75 Å². The molecule has 0 fully saturated rings. The summed E-state index contributed by atoms with van der Waals surface area (Å²) in [4.78, 5) is 0. The number of aliphatic hydroxyl groups is 1. The second-order valence-electron chi connectivity index (χ2n) is 3.56. The number of aromatic hydroxyl groups is 1. The van der Waals surface area contributed by atoms with Crippen molar-refractivity contribution in [2.24, 2.45) is 5.73 Å². The maximum atomic E-state index is 9.83. The molecular weight excluding hydrogens is 216 g/mol. The molecule has 5 N–H and O–H groups in total. The maximum absolute atomic E-state index is 9.83. The van der Waals surface area contributed by atoms with Crippen molar-refractivity contribution in [2.45, 2.75) is 6.10 Å². The van der Waals surface area contributed by atoms with E-state index in [-0.39, 0.29) is 12.3 Å². The largest absolute Gasteiger partial charge is 0.506 e. The number of hydrogen-bond donors (Lipinski definition) is 4. The molecule has 0 saturated carbocycles. The maximum Gasteiger partial charge on any atom is 0.139 e. The van der Waals surface area contributed by atoms with Crippen molar-refractivity contribution < 1.29 is 10.2 Å². The van der Waals surface area contributed by atoms with E-state index in [1.165, 1.54) is 6.07 Å². The zero-order chi connectivity index (χ0) is 12.8. The lowest BCUT2D eigenvalue weighted by atomic mass is 9.99. The van der Waals surface area contributed by atoms with Crippen molar-refractivity contribution in [2.75, 3.05) is 18.9 Å². The molecule has 0 amide bonds. The fourth-order valence-electron chi connectivity index (χ4n) is 1.65. The van der Waals surface area contributed by atoms with Crippen molar-refractivity contribution in [3.63, 3.8) is 0 Å². The smallest absolute Gasteiger partial charge is 0.139 e. The zero-order valence-electron chi connectivity index (χ0n) is 9.85. The van der Waals surface area contributed by atoms with E-state index in [0.29, 0.717) is 16.8 Å². The first-order chi connectivity index (χ1) is 8.15. The molecule has 0 radical (unpaired) electrons. The van der Waals surface area contributed by atoms with E-state index >= 15 is 0 Å². The predicted molar refractivity (Wildman–Crippen MR) is 70.9 cm³/mol. The van der Waals surface area contributed by atoms with Crippen molar-refractivity contribution >= 4 is 11.8 Å². The van der Waals surface area contributed by atoms with Gasteiger partial charge in [0.05, 0.1) is 11.8 Å². The molecule has 1 aromatic carbocycles. The number of aliphatic hydroxyl groups excluding tert-OH is 1. The Kier molecular flexibility index (Phi) is 4.75. The van der Waals surface area contributed by atoms with E-state index in [0.717, 1.165) is 0 Å². The van der Waals surface area contributed by atoms with Crippen LogP contribution in [0.15, 0.2) is 30.9 Å². The number of benzene rings is 1. The van der Waals surface area contributed by atoms with Gasteiger partial charge in [0.15, 0.2) is 0 Å². The molecule has 1 unspecified atom stereocenters. The van der Waals surface area contributed by atoms with Gasteiger partial charge in [0.1, 0.15) is 5.75 Å². The summed E-state index contributed by atoms with van der Waals surface area (Å²) in [6, 6.07) is 3.20. The molecule has 0 aromatic heterocycles. The van der Waals surface area contributed by atoms with Crippen LogP contribution in [-0.2, 0) is 0 Å². The quantitative estimate of drug-likeness (QED) is 0.461. The first-order valence-corrected chi connectivity index (χ1v) is 5.36. The third-order valence-electron chi connectivity index (χ3n) is 2.49. The molecule has 0 spiro atoms. The Hall–Kier alpha value is -1.78. The molecule has 0 aliphatic rings. The summed E-state index contributed by atoms with van der Waals surface area (Å²) in [7, 11) is 1.71. The highest BCUT2D eigenvalue weighted by atomic mass is 16.3. The summed E-state index contributed by atoms with van der Waals surface area (Å²) in [5, 5.41) is 22.5. The van der Waals surface area contributed by atoms with Crippen molar-refractivity contribution in [3.05, 3.63) is 42.0 Å². The lowest BCUT2D eigenvalue weighted by Gasteiger charge is -2.16. The number of allylic oxidation sites excluding steroid dienone is 2. The molecule has 92 valence electrons. The predicted octanol–water partition coefficient (Wildman–Crippen LogP) is 1.63. The Morgan fingerprint density at radius 2 is 2.24 bits per heavy atom. The van der Waals surface area contributed by atoms with Crippen LogP contribution in [0.4, 0.5) is 5.69 Å². The fourth-order valence-corrected chi connectivity index (χ4v) is 1.65. The van der Waals surface area contributed by atoms with Gasteiger partial charge < -0.3 is 21.3 Å². The molecule has 0 heterocycles. The number of anilines is 1. The van der Waals surface area contributed by atoms with Crippen LogP contribution in [0.3, 0.4) is 0 Å². The van der Waals surface area contributed by atoms with E-state index in [9.17, 15) is 10.2 Å². The minimum Gasteiger partial charge on any atom is -0.506 e. The topological polar surface area (TPSA) is 78.5 Å². The van der Waals surface area contributed by atoms with E-state index in [2.05, 4.69) is 11.9 Å². The minimum atomic E-state index is -0.757. The average Bonchev–Trinajstić information content (AvgIpc) is 2.35. The van der Waals surface area contributed by atoms with Crippen LogP contribution in [0.2, 0.25) is 0 Å². The standard InChI is InChI=1S/C13H18N2O2/c1-3-4-5-10-9(12(17)8-14)6-7-11(16)13(10)15-2/h3-7,12,15-17H,1,8,14H2,2H3/b5-4-. The van der Waals surface area contributed by atoms with Gasteiger partial charge in [-0.15, -0.1) is 0 Å². The zero-order valence-corrected chi connectivity index (χ0v) is 9.85. The van der Waals surface area contributed by atoms with Crippen LogP contribution < -0.4 is 11.1 Å². The van der Waals surface area contributed by atoms with Crippen LogP contribution in [0.5, 0.6) is 5.75 Å². The highest BCUT2D eigenvalue weighted by molar-refractivity contribution is 5.75. The van der Waals surface area contributed by atoms with Crippen LogP contribution >= 0.6 is 0 Å². The molecular formula is C13H18N2O2. The van der Waals surface area contributed by atoms with E-state index in [4.69, 9.17) is 5.73 Å². The van der Waals surface area contributed by atoms with Crippen molar-refractivity contribution in [1.82, 2.24) is 0 Å². The molecule has 0 aliphatic heterocycles. The molecule has 1 rings (SSSR count). The summed E-state index contributed by atoms with van der Waals surface area (Å²) in [6.45, 7) is 3.72. The lowest BCUT2D eigenvalue weighted by Crippen LogP contribution is -2.13. The summed E-state index contributed by atoms with van der Waals surface area (Å²) >= 11 is 0. The normalized spacial score (nSPS) is 12.6. The third-order valence-corrected chi connectivity index (χ3v) is 2.49. The first kappa shape index (κ1) is 13.3. The van der Waals surface area contributed by atoms with Gasteiger partial charge in [0, 0.05) is 19.2 Å². The van der Waals surface area contributed by atoms with Gasteiger partial charge in [0.25, 0.3) is 0 Å². The van der Waals surface area contributed by atoms with Crippen LogP contribution in [0.1, 0.15) is 17.2 Å². The van der Waals surface area contributed by atoms with Gasteiger partial charge in [-0.1, -0.05) is 30.9 Å². The molecule has 0 saturated heterocycles. The SMILES string of the molecule is C=C/C=C\c1c(C(O)CN)ccc(O)c1NC. The Morgan fingerprint density at radius 3 is 2.76 bits per heavy atom. The number of nitrogens with two attached hydrogens (primary N) is 1. The molecule has 4 heteroatoms. The lowest BCUT2D eigenvalue weighted by molar-refractivity contribution is 0.186. The highest BCUT2D eigenvalue weighted by Gasteiger charge is 2.14. The summed E-state index contributed by atoms with van der Waals surface area (Å²) in [5.41, 5.74) is 7.40. The summed E-state index contributed by atoms with van der Waals surface area (Å²) < 4.78 is 0. The monoisotopic (exact) mass is 234 g/mol. The van der Waals surface area contributed by atoms with Crippen LogP contribution in [0, 0.1) is 0 Å². The van der Waals surface area contributed by atoms with Gasteiger partial charge in [-0.2, -0.15) is 0 Å². The van der Waals surface area contributed by atoms with Gasteiger partial charge in [-0.05, 0) is 11.6 Å². The van der Waals surface area contributed by atoms with Crippen LogP contribution in [-0.4, -0.2) is 23.8 Å². The Labute approximate surface area is 101 Å². The van der Waals surface area contributed by atoms with Crippen LogP contribution in [0.25, 0.3) is 6.08 Å². The fraction of sp³-hybridized carbons (Fsp3) is 0.231. The number of phenolic OH excluding ortho intramolecular Hbond substituents is 1. The Bertz CT molecular complexity index is 428. The summed E-state index contributed by atoms with van der Waals surface area (Å²) in [5.74, 6) is 0.129. The van der Waals surface area contributed by atoms with E-state index in [1.807, 2.05) is 0 Å². The van der Waals surface area contributed by atoms with Gasteiger partial charge in [-0.25, -0.2) is 0 Å². The third kappa shape index (κ3) is 2.87. The van der Waals surface area contributed by atoms with Gasteiger partial charge >= 0.3 is 0 Å². The highest BCUT2D eigenvalue weighted by Crippen LogP contribution is 2.33. The van der Waals surface area contributed by atoms with E-state index < -0.39 is 6.10 Å². The second kappa shape index (κ2) is 6.08. The number of phenols is 1. The first-order valence-electron chi connectivity index (χ1n) is 5.36. The van der Waals surface area contributed by atoms with Gasteiger partial charge in [-0.3, -0.25) is 0 Å². The van der Waals surface area contributed by atoms with Crippen molar-refractivity contribution in [1.29, 1.82) is 0 Å². The van der Waals surface area contributed by atoms with Gasteiger partial charge in [0.2, 0.25) is 0 Å². The Morgan fingerprint density at radius 1 is 1.53 bits per heavy atom. The molecule has 17 heavy (non-hydrogen) atoms. The average molecular weight is 234 g/mol. The number of rotatable bonds is 5.